The molecule has 120 valence electrons. The number of halogens is 1. The fraction of sp³-hybridized carbons (Fsp3) is 0.800. The monoisotopic (exact) mass is 298 g/mol. The minimum Gasteiger partial charge on any atom is -0.493 e. The largest absolute Gasteiger partial charge is 0.493 e. The minimum absolute atomic E-state index is 0.0463. The summed E-state index contributed by atoms with van der Waals surface area (Å²) in [5, 5.41) is 7.62. The van der Waals surface area contributed by atoms with Gasteiger partial charge in [-0.05, 0) is 40.4 Å². The number of nitrogens with one attached hydrogen (secondary N) is 1. The Balaban J connectivity index is 2.28. The van der Waals surface area contributed by atoms with E-state index in [9.17, 15) is 0 Å². The molecule has 0 bridgehead atoms. The summed E-state index contributed by atoms with van der Waals surface area (Å²) in [6, 6.07) is 0. The minimum atomic E-state index is -1.44. The van der Waals surface area contributed by atoms with Crippen molar-refractivity contribution in [3.05, 3.63) is 11.9 Å². The van der Waals surface area contributed by atoms with Gasteiger partial charge in [0.1, 0.15) is 5.69 Å². The van der Waals surface area contributed by atoms with Crippen LogP contribution < -0.4 is 10.1 Å². The number of rotatable bonds is 6. The van der Waals surface area contributed by atoms with E-state index >= 15 is 4.39 Å². The highest BCUT2D eigenvalue weighted by Gasteiger charge is 2.42. The van der Waals surface area contributed by atoms with Crippen LogP contribution in [0.1, 0.15) is 25.5 Å². The first-order valence-corrected chi connectivity index (χ1v) is 7.61. The van der Waals surface area contributed by atoms with Crippen LogP contribution in [-0.2, 0) is 12.2 Å². The van der Waals surface area contributed by atoms with Gasteiger partial charge >= 0.3 is 0 Å². The lowest BCUT2D eigenvalue weighted by atomic mass is 9.82. The Labute approximate surface area is 126 Å². The molecule has 2 atom stereocenters. The quantitative estimate of drug-likeness (QED) is 0.867. The van der Waals surface area contributed by atoms with Crippen LogP contribution in [-0.4, -0.2) is 55.5 Å². The highest BCUT2D eigenvalue weighted by atomic mass is 19.1. The topological polar surface area (TPSA) is 42.3 Å². The van der Waals surface area contributed by atoms with E-state index in [-0.39, 0.29) is 5.92 Å². The van der Waals surface area contributed by atoms with Gasteiger partial charge in [-0.15, -0.1) is 0 Å². The van der Waals surface area contributed by atoms with Crippen molar-refractivity contribution in [1.29, 1.82) is 0 Å². The van der Waals surface area contributed by atoms with Crippen molar-refractivity contribution >= 4 is 0 Å². The maximum absolute atomic E-state index is 15.6. The van der Waals surface area contributed by atoms with Crippen LogP contribution in [0.25, 0.3) is 0 Å². The highest BCUT2D eigenvalue weighted by molar-refractivity contribution is 5.31. The molecule has 2 unspecified atom stereocenters. The highest BCUT2D eigenvalue weighted by Crippen LogP contribution is 2.41. The molecule has 1 N–H and O–H groups in total. The molecule has 1 aromatic rings. The van der Waals surface area contributed by atoms with Crippen LogP contribution in [0.15, 0.2) is 6.20 Å². The predicted octanol–water partition coefficient (Wildman–Crippen LogP) is 1.64. The van der Waals surface area contributed by atoms with Gasteiger partial charge in [-0.25, -0.2) is 4.39 Å². The molecule has 1 fully saturated rings. The lowest BCUT2D eigenvalue weighted by molar-refractivity contribution is 0.0677. The molecule has 0 spiro atoms. The fourth-order valence-corrected chi connectivity index (χ4v) is 2.98. The zero-order valence-corrected chi connectivity index (χ0v) is 13.5. The summed E-state index contributed by atoms with van der Waals surface area (Å²) in [6.45, 7) is 4.82. The summed E-state index contributed by atoms with van der Waals surface area (Å²) in [5.41, 5.74) is -0.873. The van der Waals surface area contributed by atoms with Crippen molar-refractivity contribution in [1.82, 2.24) is 20.0 Å². The molecule has 0 aliphatic carbocycles. The number of likely N-dealkylation sites (N-methyl/N-ethyl adjacent to an activating group) is 1. The van der Waals surface area contributed by atoms with Gasteiger partial charge in [0.15, 0.2) is 11.4 Å². The van der Waals surface area contributed by atoms with Crippen LogP contribution in [0.5, 0.6) is 5.75 Å². The van der Waals surface area contributed by atoms with Crippen LogP contribution in [0.2, 0.25) is 0 Å². The van der Waals surface area contributed by atoms with Crippen LogP contribution in [0, 0.1) is 5.92 Å². The SMILES string of the molecule is COc1cnn(CCN(C)C)c1C(C)(F)C1CCCNC1. The van der Waals surface area contributed by atoms with E-state index in [1.54, 1.807) is 24.9 Å². The summed E-state index contributed by atoms with van der Waals surface area (Å²) >= 11 is 0. The fourth-order valence-electron chi connectivity index (χ4n) is 2.98. The lowest BCUT2D eigenvalue weighted by Gasteiger charge is -2.34. The Morgan fingerprint density at radius 2 is 2.33 bits per heavy atom. The van der Waals surface area contributed by atoms with Crippen molar-refractivity contribution < 1.29 is 9.13 Å². The maximum Gasteiger partial charge on any atom is 0.163 e. The molecule has 1 aliphatic rings. The predicted molar refractivity (Wildman–Crippen MR) is 81.4 cm³/mol. The van der Waals surface area contributed by atoms with Crippen molar-refractivity contribution in [3.8, 4) is 5.75 Å². The third-order valence-electron chi connectivity index (χ3n) is 4.31. The molecule has 6 heteroatoms. The van der Waals surface area contributed by atoms with E-state index in [4.69, 9.17) is 4.74 Å². The van der Waals surface area contributed by atoms with Crippen LogP contribution in [0.4, 0.5) is 4.39 Å². The Hall–Kier alpha value is -1.14. The number of piperidine rings is 1. The first-order valence-electron chi connectivity index (χ1n) is 7.61. The van der Waals surface area contributed by atoms with Gasteiger partial charge in [0.05, 0.1) is 19.9 Å². The molecule has 0 radical (unpaired) electrons. The molecule has 2 rings (SSSR count). The first kappa shape index (κ1) is 16.2. The van der Waals surface area contributed by atoms with Crippen molar-refractivity contribution in [2.45, 2.75) is 32.0 Å². The number of nitrogens with zero attached hydrogens (tertiary/aromatic N) is 3. The molecule has 0 amide bonds. The lowest BCUT2D eigenvalue weighted by Crippen LogP contribution is -2.41. The standard InChI is InChI=1S/C15H27FN4O/c1-15(16,12-6-5-7-17-10-12)14-13(21-4)11-18-20(14)9-8-19(2)3/h11-12,17H,5-10H2,1-4H3. The van der Waals surface area contributed by atoms with Crippen molar-refractivity contribution in [2.24, 2.45) is 5.92 Å². The second-order valence-corrected chi connectivity index (χ2v) is 6.21. The van der Waals surface area contributed by atoms with E-state index < -0.39 is 5.67 Å². The van der Waals surface area contributed by atoms with Crippen LogP contribution >= 0.6 is 0 Å². The Bertz CT molecular complexity index is 453. The number of hydrogen-bond donors (Lipinski definition) is 1. The van der Waals surface area contributed by atoms with E-state index in [0.717, 1.165) is 25.9 Å². The summed E-state index contributed by atoms with van der Waals surface area (Å²) in [5.74, 6) is 0.499. The maximum atomic E-state index is 15.6. The number of methoxy groups -OCH3 is 1. The molecule has 5 nitrogen and oxygen atoms in total. The number of ether oxygens (including phenoxy) is 1. The van der Waals surface area contributed by atoms with Gasteiger partial charge in [-0.2, -0.15) is 5.10 Å². The van der Waals surface area contributed by atoms with Crippen LogP contribution in [0.3, 0.4) is 0 Å². The molecule has 1 saturated heterocycles. The van der Waals surface area contributed by atoms with E-state index in [1.807, 2.05) is 14.1 Å². The van der Waals surface area contributed by atoms with E-state index in [2.05, 4.69) is 15.3 Å². The average molecular weight is 298 g/mol. The molecule has 21 heavy (non-hydrogen) atoms. The van der Waals surface area contributed by atoms with Crippen molar-refractivity contribution in [2.75, 3.05) is 40.8 Å². The molecular formula is C15H27FN4O. The third kappa shape index (κ3) is 3.55. The summed E-state index contributed by atoms with van der Waals surface area (Å²) in [4.78, 5) is 2.07. The van der Waals surface area contributed by atoms with Gasteiger partial charge in [0.25, 0.3) is 0 Å². The summed E-state index contributed by atoms with van der Waals surface area (Å²) < 4.78 is 22.7. The number of hydrogen-bond acceptors (Lipinski definition) is 4. The summed E-state index contributed by atoms with van der Waals surface area (Å²) in [7, 11) is 5.58. The molecule has 0 aromatic carbocycles. The molecular weight excluding hydrogens is 271 g/mol. The number of aromatic nitrogens is 2. The number of alkyl halides is 1. The van der Waals surface area contributed by atoms with Crippen molar-refractivity contribution in [3.63, 3.8) is 0 Å². The van der Waals surface area contributed by atoms with E-state index in [1.165, 1.54) is 0 Å². The van der Waals surface area contributed by atoms with Gasteiger partial charge in [-0.1, -0.05) is 0 Å². The van der Waals surface area contributed by atoms with Gasteiger partial charge in [0.2, 0.25) is 0 Å². The third-order valence-corrected chi connectivity index (χ3v) is 4.31. The smallest absolute Gasteiger partial charge is 0.163 e. The second-order valence-electron chi connectivity index (χ2n) is 6.21. The van der Waals surface area contributed by atoms with E-state index in [0.29, 0.717) is 24.5 Å². The Kier molecular flexibility index (Phi) is 5.22. The summed E-state index contributed by atoms with van der Waals surface area (Å²) in [6.07, 6.45) is 3.53. The Morgan fingerprint density at radius 3 is 2.90 bits per heavy atom. The van der Waals surface area contributed by atoms with Gasteiger partial charge in [0, 0.05) is 19.0 Å². The zero-order chi connectivity index (χ0) is 15.5. The Morgan fingerprint density at radius 1 is 1.57 bits per heavy atom. The molecule has 1 aliphatic heterocycles. The molecule has 0 saturated carbocycles. The van der Waals surface area contributed by atoms with Gasteiger partial charge in [-0.3, -0.25) is 4.68 Å². The first-order chi connectivity index (χ1) is 9.96. The second kappa shape index (κ2) is 6.75. The normalized spacial score (nSPS) is 22.3. The van der Waals surface area contributed by atoms with Gasteiger partial charge < -0.3 is 15.0 Å². The zero-order valence-electron chi connectivity index (χ0n) is 13.5. The molecule has 1 aromatic heterocycles. The average Bonchev–Trinajstić information content (AvgIpc) is 2.89. The molecule has 2 heterocycles.